The first kappa shape index (κ1) is 16.1. The van der Waals surface area contributed by atoms with Crippen LogP contribution in [-0.4, -0.2) is 45.2 Å². The van der Waals surface area contributed by atoms with Crippen molar-refractivity contribution in [1.82, 2.24) is 4.90 Å². The van der Waals surface area contributed by atoms with Crippen molar-refractivity contribution in [1.29, 1.82) is 5.26 Å². The fourth-order valence-electron chi connectivity index (χ4n) is 2.53. The van der Waals surface area contributed by atoms with Crippen LogP contribution in [0.3, 0.4) is 0 Å². The summed E-state index contributed by atoms with van der Waals surface area (Å²) in [7, 11) is -1.39. The molecule has 1 unspecified atom stereocenters. The standard InChI is InChI=1S/C13H20N4O2S2/c1-3-21(18,19)12-11(15)10(7-14)20-13(12)16-8-9-5-4-6-17(9)2/h9,16H,3-6,8,15H2,1-2H3. The molecule has 1 atom stereocenters. The van der Waals surface area contributed by atoms with E-state index in [0.29, 0.717) is 17.6 Å². The first-order valence-electron chi connectivity index (χ1n) is 6.90. The van der Waals surface area contributed by atoms with Crippen molar-refractivity contribution in [2.45, 2.75) is 30.7 Å². The van der Waals surface area contributed by atoms with Crippen LogP contribution in [0.1, 0.15) is 24.6 Å². The molecular weight excluding hydrogens is 308 g/mol. The molecule has 0 radical (unpaired) electrons. The number of likely N-dealkylation sites (N-methyl/N-ethyl adjacent to an activating group) is 1. The number of sulfone groups is 1. The number of thiophene rings is 1. The van der Waals surface area contributed by atoms with Gasteiger partial charge in [0, 0.05) is 12.6 Å². The van der Waals surface area contributed by atoms with Crippen LogP contribution in [0.4, 0.5) is 10.7 Å². The molecule has 3 N–H and O–H groups in total. The fourth-order valence-corrected chi connectivity index (χ4v) is 5.00. The minimum atomic E-state index is -3.45. The van der Waals surface area contributed by atoms with E-state index in [4.69, 9.17) is 11.0 Å². The molecule has 1 aromatic rings. The van der Waals surface area contributed by atoms with Crippen LogP contribution >= 0.6 is 11.3 Å². The minimum absolute atomic E-state index is 0.0309. The smallest absolute Gasteiger partial charge is 0.183 e. The Bertz CT molecular complexity index is 660. The molecule has 0 aliphatic carbocycles. The molecule has 8 heteroatoms. The van der Waals surface area contributed by atoms with Gasteiger partial charge < -0.3 is 16.0 Å². The van der Waals surface area contributed by atoms with Gasteiger partial charge in [0.05, 0.1) is 11.4 Å². The van der Waals surface area contributed by atoms with E-state index < -0.39 is 9.84 Å². The molecule has 1 saturated heterocycles. The van der Waals surface area contributed by atoms with Crippen LogP contribution in [-0.2, 0) is 9.84 Å². The third-order valence-corrected chi connectivity index (χ3v) is 6.87. The highest BCUT2D eigenvalue weighted by molar-refractivity contribution is 7.91. The zero-order valence-electron chi connectivity index (χ0n) is 12.2. The lowest BCUT2D eigenvalue weighted by Crippen LogP contribution is -2.31. The molecule has 1 aliphatic heterocycles. The first-order chi connectivity index (χ1) is 9.90. The van der Waals surface area contributed by atoms with Crippen LogP contribution in [0, 0.1) is 11.3 Å². The summed E-state index contributed by atoms with van der Waals surface area (Å²) in [5, 5.41) is 12.7. The summed E-state index contributed by atoms with van der Waals surface area (Å²) in [6.07, 6.45) is 2.24. The number of hydrogen-bond donors (Lipinski definition) is 2. The van der Waals surface area contributed by atoms with Gasteiger partial charge in [-0.05, 0) is 26.4 Å². The molecule has 0 saturated carbocycles. The predicted octanol–water partition coefficient (Wildman–Crippen LogP) is 1.50. The number of hydrogen-bond acceptors (Lipinski definition) is 7. The monoisotopic (exact) mass is 328 g/mol. The van der Waals surface area contributed by atoms with E-state index in [1.807, 2.05) is 6.07 Å². The second-order valence-corrected chi connectivity index (χ2v) is 8.41. The van der Waals surface area contributed by atoms with Crippen LogP contribution in [0.15, 0.2) is 4.90 Å². The van der Waals surface area contributed by atoms with E-state index in [2.05, 4.69) is 17.3 Å². The van der Waals surface area contributed by atoms with E-state index in [1.165, 1.54) is 0 Å². The average Bonchev–Trinajstić information content (AvgIpc) is 3.00. The van der Waals surface area contributed by atoms with Gasteiger partial charge in [-0.3, -0.25) is 0 Å². The Morgan fingerprint density at radius 3 is 2.81 bits per heavy atom. The molecule has 2 rings (SSSR count). The fraction of sp³-hybridized carbons (Fsp3) is 0.615. The third-order valence-electron chi connectivity index (χ3n) is 3.86. The predicted molar refractivity (Wildman–Crippen MR) is 85.3 cm³/mol. The van der Waals surface area contributed by atoms with Crippen LogP contribution in [0.25, 0.3) is 0 Å². The Morgan fingerprint density at radius 2 is 2.29 bits per heavy atom. The molecule has 21 heavy (non-hydrogen) atoms. The lowest BCUT2D eigenvalue weighted by Gasteiger charge is -2.20. The van der Waals surface area contributed by atoms with Crippen LogP contribution in [0.5, 0.6) is 0 Å². The number of nitrogen functional groups attached to an aromatic ring is 1. The molecule has 1 fully saturated rings. The largest absolute Gasteiger partial charge is 0.396 e. The zero-order valence-corrected chi connectivity index (χ0v) is 13.9. The highest BCUT2D eigenvalue weighted by Crippen LogP contribution is 2.39. The number of nitrogens with zero attached hydrogens (tertiary/aromatic N) is 2. The maximum atomic E-state index is 12.2. The Kier molecular flexibility index (Phi) is 4.76. The SMILES string of the molecule is CCS(=O)(=O)c1c(NCC2CCCN2C)sc(C#N)c1N. The topological polar surface area (TPSA) is 99.2 Å². The van der Waals surface area contributed by atoms with Crippen molar-refractivity contribution in [3.05, 3.63) is 4.88 Å². The van der Waals surface area contributed by atoms with Crippen molar-refractivity contribution in [3.8, 4) is 6.07 Å². The highest BCUT2D eigenvalue weighted by atomic mass is 32.2. The Hall–Kier alpha value is -1.30. The van der Waals surface area contributed by atoms with Crippen molar-refractivity contribution in [3.63, 3.8) is 0 Å². The lowest BCUT2D eigenvalue weighted by atomic mass is 10.2. The Labute approximate surface area is 129 Å². The van der Waals surface area contributed by atoms with E-state index in [0.717, 1.165) is 30.7 Å². The number of nitrogens with two attached hydrogens (primary N) is 1. The minimum Gasteiger partial charge on any atom is -0.396 e. The van der Waals surface area contributed by atoms with Gasteiger partial charge in [0.15, 0.2) is 9.84 Å². The maximum Gasteiger partial charge on any atom is 0.183 e. The number of likely N-dealkylation sites (tertiary alicyclic amines) is 1. The Morgan fingerprint density at radius 1 is 1.57 bits per heavy atom. The van der Waals surface area contributed by atoms with Crippen LogP contribution in [0.2, 0.25) is 0 Å². The van der Waals surface area contributed by atoms with Crippen LogP contribution < -0.4 is 11.1 Å². The normalized spacial score (nSPS) is 19.6. The third kappa shape index (κ3) is 3.15. The average molecular weight is 328 g/mol. The molecule has 0 aromatic carbocycles. The molecular formula is C13H20N4O2S2. The van der Waals surface area contributed by atoms with E-state index in [1.54, 1.807) is 6.92 Å². The highest BCUT2D eigenvalue weighted by Gasteiger charge is 2.27. The van der Waals surface area contributed by atoms with Gasteiger partial charge in [-0.2, -0.15) is 5.26 Å². The van der Waals surface area contributed by atoms with Crippen molar-refractivity contribution < 1.29 is 8.42 Å². The molecule has 0 amide bonds. The van der Waals surface area contributed by atoms with Crippen molar-refractivity contribution in [2.75, 3.05) is 36.9 Å². The molecule has 1 aliphatic rings. The van der Waals surface area contributed by atoms with Gasteiger partial charge in [0.25, 0.3) is 0 Å². The van der Waals surface area contributed by atoms with Crippen molar-refractivity contribution in [2.24, 2.45) is 0 Å². The zero-order chi connectivity index (χ0) is 15.6. The summed E-state index contributed by atoms with van der Waals surface area (Å²) in [4.78, 5) is 2.60. The van der Waals surface area contributed by atoms with E-state index in [-0.39, 0.29) is 21.2 Å². The van der Waals surface area contributed by atoms with Gasteiger partial charge in [0.1, 0.15) is 20.8 Å². The summed E-state index contributed by atoms with van der Waals surface area (Å²) in [5.41, 5.74) is 5.92. The molecule has 116 valence electrons. The van der Waals surface area contributed by atoms with Gasteiger partial charge in [-0.15, -0.1) is 11.3 Å². The number of nitrogens with one attached hydrogen (secondary N) is 1. The van der Waals surface area contributed by atoms with Gasteiger partial charge in [-0.1, -0.05) is 6.92 Å². The second-order valence-electron chi connectivity index (χ2n) is 5.18. The van der Waals surface area contributed by atoms with Crippen molar-refractivity contribution >= 4 is 31.9 Å². The first-order valence-corrected chi connectivity index (χ1v) is 9.36. The summed E-state index contributed by atoms with van der Waals surface area (Å²) in [6.45, 7) is 3.29. The molecule has 0 spiro atoms. The lowest BCUT2D eigenvalue weighted by molar-refractivity contribution is 0.322. The maximum absolute atomic E-state index is 12.2. The summed E-state index contributed by atoms with van der Waals surface area (Å²) < 4.78 is 24.4. The molecule has 1 aromatic heterocycles. The summed E-state index contributed by atoms with van der Waals surface area (Å²) in [6, 6.07) is 2.35. The Balaban J connectivity index is 2.28. The molecule has 6 nitrogen and oxygen atoms in total. The number of rotatable bonds is 5. The summed E-state index contributed by atoms with van der Waals surface area (Å²) in [5.74, 6) is -0.0309. The number of nitriles is 1. The van der Waals surface area contributed by atoms with Gasteiger partial charge in [0.2, 0.25) is 0 Å². The molecule has 2 heterocycles. The van der Waals surface area contributed by atoms with Gasteiger partial charge >= 0.3 is 0 Å². The quantitative estimate of drug-likeness (QED) is 0.850. The molecule has 0 bridgehead atoms. The summed E-state index contributed by atoms with van der Waals surface area (Å²) >= 11 is 1.12. The number of anilines is 2. The van der Waals surface area contributed by atoms with Gasteiger partial charge in [-0.25, -0.2) is 8.42 Å². The second kappa shape index (κ2) is 6.22. The van der Waals surface area contributed by atoms with E-state index >= 15 is 0 Å². The van der Waals surface area contributed by atoms with E-state index in [9.17, 15) is 8.42 Å².